The first-order valence-electron chi connectivity index (χ1n) is 9.72. The molecule has 1 amide bonds. The van der Waals surface area contributed by atoms with Crippen LogP contribution in [-0.4, -0.2) is 21.9 Å². The molecule has 1 heterocycles. The Morgan fingerprint density at radius 3 is 2.86 bits per heavy atom. The fourth-order valence-electron chi connectivity index (χ4n) is 3.35. The lowest BCUT2D eigenvalue weighted by atomic mass is 9.92. The Hall–Kier alpha value is -2.80. The number of thioether (sulfide) groups is 1. The molecule has 0 spiro atoms. The van der Waals surface area contributed by atoms with Crippen LogP contribution in [0, 0.1) is 6.92 Å². The fourth-order valence-corrected chi connectivity index (χ4v) is 3.93. The van der Waals surface area contributed by atoms with Crippen LogP contribution in [0.1, 0.15) is 35.4 Å². The number of nitrogens with zero attached hydrogens (tertiary/aromatic N) is 2. The van der Waals surface area contributed by atoms with E-state index in [0.29, 0.717) is 11.1 Å². The van der Waals surface area contributed by atoms with Crippen LogP contribution < -0.4 is 10.1 Å². The van der Waals surface area contributed by atoms with Crippen LogP contribution in [0.2, 0.25) is 0 Å². The number of anilines is 1. The number of aryl methyl sites for hydroxylation is 3. The highest BCUT2D eigenvalue weighted by atomic mass is 32.2. The lowest BCUT2D eigenvalue weighted by molar-refractivity contribution is -0.113. The van der Waals surface area contributed by atoms with Gasteiger partial charge in [-0.3, -0.25) is 4.79 Å². The highest BCUT2D eigenvalue weighted by Crippen LogP contribution is 2.26. The molecule has 6 nitrogen and oxygen atoms in total. The summed E-state index contributed by atoms with van der Waals surface area (Å²) in [6.45, 7) is 2.19. The molecule has 0 aliphatic heterocycles. The molecule has 0 bridgehead atoms. The smallest absolute Gasteiger partial charge is 0.277 e. The van der Waals surface area contributed by atoms with E-state index in [2.05, 4.69) is 27.6 Å². The summed E-state index contributed by atoms with van der Waals surface area (Å²) >= 11 is 1.21. The number of rotatable bonds is 7. The molecule has 7 heteroatoms. The van der Waals surface area contributed by atoms with Gasteiger partial charge in [-0.2, -0.15) is 0 Å². The number of aromatic nitrogens is 2. The van der Waals surface area contributed by atoms with Crippen molar-refractivity contribution in [3.63, 3.8) is 0 Å². The minimum atomic E-state index is -0.120. The van der Waals surface area contributed by atoms with Gasteiger partial charge in [-0.25, -0.2) is 0 Å². The Labute approximate surface area is 174 Å². The number of carbonyl (C=O) groups is 1. The number of hydrogen-bond donors (Lipinski definition) is 1. The van der Waals surface area contributed by atoms with E-state index in [1.165, 1.54) is 35.7 Å². The first-order valence-corrected chi connectivity index (χ1v) is 10.7. The molecule has 29 heavy (non-hydrogen) atoms. The predicted molar refractivity (Wildman–Crippen MR) is 112 cm³/mol. The monoisotopic (exact) mass is 409 g/mol. The molecule has 0 radical (unpaired) electrons. The number of hydrogen-bond acceptors (Lipinski definition) is 6. The van der Waals surface area contributed by atoms with E-state index < -0.39 is 0 Å². The SMILES string of the molecule is Cc1cccc(NC(=O)CSc2nnc(COc3ccc4c(c3)CCCC4)o2)c1. The van der Waals surface area contributed by atoms with Gasteiger partial charge in [0.1, 0.15) is 5.75 Å². The summed E-state index contributed by atoms with van der Waals surface area (Å²) in [5.41, 5.74) is 4.66. The number of nitrogens with one attached hydrogen (secondary N) is 1. The molecule has 1 aliphatic rings. The fraction of sp³-hybridized carbons (Fsp3) is 0.318. The molecule has 150 valence electrons. The second kappa shape index (κ2) is 9.13. The van der Waals surface area contributed by atoms with E-state index >= 15 is 0 Å². The van der Waals surface area contributed by atoms with Gasteiger partial charge in [0.15, 0.2) is 6.61 Å². The van der Waals surface area contributed by atoms with Crippen LogP contribution in [0.3, 0.4) is 0 Å². The van der Waals surface area contributed by atoms with Crippen LogP contribution in [0.15, 0.2) is 52.1 Å². The predicted octanol–water partition coefficient (Wildman–Crippen LogP) is 4.57. The molecule has 0 fully saturated rings. The van der Waals surface area contributed by atoms with Gasteiger partial charge in [0.05, 0.1) is 5.75 Å². The number of amides is 1. The highest BCUT2D eigenvalue weighted by Gasteiger charge is 2.13. The van der Waals surface area contributed by atoms with E-state index in [9.17, 15) is 4.79 Å². The van der Waals surface area contributed by atoms with Crippen molar-refractivity contribution in [2.75, 3.05) is 11.1 Å². The normalized spacial score (nSPS) is 13.0. The highest BCUT2D eigenvalue weighted by molar-refractivity contribution is 7.99. The maximum absolute atomic E-state index is 12.1. The average molecular weight is 410 g/mol. The Morgan fingerprint density at radius 1 is 1.14 bits per heavy atom. The van der Waals surface area contributed by atoms with Crippen molar-refractivity contribution < 1.29 is 13.9 Å². The number of carbonyl (C=O) groups excluding carboxylic acids is 1. The zero-order chi connectivity index (χ0) is 20.1. The van der Waals surface area contributed by atoms with Gasteiger partial charge in [0.2, 0.25) is 5.91 Å². The van der Waals surface area contributed by atoms with Crippen molar-refractivity contribution in [3.8, 4) is 5.75 Å². The molecule has 1 aromatic heterocycles. The second-order valence-corrected chi connectivity index (χ2v) is 8.02. The zero-order valence-electron chi connectivity index (χ0n) is 16.3. The Kier molecular flexibility index (Phi) is 6.14. The topological polar surface area (TPSA) is 77.2 Å². The minimum Gasteiger partial charge on any atom is -0.484 e. The maximum atomic E-state index is 12.1. The van der Waals surface area contributed by atoms with Gasteiger partial charge >= 0.3 is 0 Å². The van der Waals surface area contributed by atoms with Crippen molar-refractivity contribution >= 4 is 23.4 Å². The standard InChI is InChI=1S/C22H23N3O3S/c1-15-5-4-8-18(11-15)23-20(26)14-29-22-25-24-21(28-22)13-27-19-10-9-16-6-2-3-7-17(16)12-19/h4-5,8-12H,2-3,6-7,13-14H2,1H3,(H,23,26). The summed E-state index contributed by atoms with van der Waals surface area (Å²) in [6, 6.07) is 13.9. The number of fused-ring (bicyclic) bond motifs is 1. The molecular formula is C22H23N3O3S. The molecule has 2 aromatic carbocycles. The lowest BCUT2D eigenvalue weighted by Gasteiger charge is -2.16. The third kappa shape index (κ3) is 5.38. The molecule has 3 aromatic rings. The molecule has 0 atom stereocenters. The maximum Gasteiger partial charge on any atom is 0.277 e. The van der Waals surface area contributed by atoms with E-state index in [1.54, 1.807) is 0 Å². The van der Waals surface area contributed by atoms with Crippen molar-refractivity contribution in [1.82, 2.24) is 10.2 Å². The Balaban J connectivity index is 1.26. The summed E-state index contributed by atoms with van der Waals surface area (Å²) in [6.07, 6.45) is 4.76. The van der Waals surface area contributed by atoms with Crippen LogP contribution >= 0.6 is 11.8 Å². The van der Waals surface area contributed by atoms with E-state index in [4.69, 9.17) is 9.15 Å². The molecule has 1 aliphatic carbocycles. The van der Waals surface area contributed by atoms with E-state index in [1.807, 2.05) is 37.3 Å². The summed E-state index contributed by atoms with van der Waals surface area (Å²) < 4.78 is 11.4. The molecule has 0 saturated carbocycles. The third-order valence-electron chi connectivity index (χ3n) is 4.76. The van der Waals surface area contributed by atoms with E-state index in [0.717, 1.165) is 29.8 Å². The third-order valence-corrected chi connectivity index (χ3v) is 5.58. The average Bonchev–Trinajstić information content (AvgIpc) is 3.18. The van der Waals surface area contributed by atoms with Crippen LogP contribution in [0.5, 0.6) is 5.75 Å². The molecule has 0 unspecified atom stereocenters. The van der Waals surface area contributed by atoms with Gasteiger partial charge < -0.3 is 14.5 Å². The lowest BCUT2D eigenvalue weighted by Crippen LogP contribution is -2.13. The second-order valence-electron chi connectivity index (χ2n) is 7.09. The van der Waals surface area contributed by atoms with Crippen molar-refractivity contribution in [2.24, 2.45) is 0 Å². The van der Waals surface area contributed by atoms with Gasteiger partial charge in [-0.1, -0.05) is 30.0 Å². The summed E-state index contributed by atoms with van der Waals surface area (Å²) in [7, 11) is 0. The minimum absolute atomic E-state index is 0.120. The molecule has 1 N–H and O–H groups in total. The van der Waals surface area contributed by atoms with Gasteiger partial charge in [-0.15, -0.1) is 10.2 Å². The summed E-state index contributed by atoms with van der Waals surface area (Å²) in [4.78, 5) is 12.1. The Morgan fingerprint density at radius 2 is 2.00 bits per heavy atom. The summed E-state index contributed by atoms with van der Waals surface area (Å²) in [5.74, 6) is 1.28. The van der Waals surface area contributed by atoms with Crippen molar-refractivity contribution in [2.45, 2.75) is 44.4 Å². The van der Waals surface area contributed by atoms with E-state index in [-0.39, 0.29) is 18.3 Å². The van der Waals surface area contributed by atoms with Crippen LogP contribution in [-0.2, 0) is 24.2 Å². The van der Waals surface area contributed by atoms with Crippen molar-refractivity contribution in [1.29, 1.82) is 0 Å². The molecule has 0 saturated heterocycles. The first kappa shape index (κ1) is 19.5. The number of ether oxygens (including phenoxy) is 1. The van der Waals surface area contributed by atoms with Crippen LogP contribution in [0.25, 0.3) is 0 Å². The van der Waals surface area contributed by atoms with Gasteiger partial charge in [0, 0.05) is 5.69 Å². The quantitative estimate of drug-likeness (QED) is 0.576. The van der Waals surface area contributed by atoms with Crippen LogP contribution in [0.4, 0.5) is 5.69 Å². The molecular weight excluding hydrogens is 386 g/mol. The van der Waals surface area contributed by atoms with Gasteiger partial charge in [-0.05, 0) is 73.6 Å². The van der Waals surface area contributed by atoms with Gasteiger partial charge in [0.25, 0.3) is 11.1 Å². The Bertz CT molecular complexity index is 1000. The first-order chi connectivity index (χ1) is 14.2. The number of benzene rings is 2. The van der Waals surface area contributed by atoms with Crippen molar-refractivity contribution in [3.05, 3.63) is 65.0 Å². The largest absolute Gasteiger partial charge is 0.484 e. The summed E-state index contributed by atoms with van der Waals surface area (Å²) in [5, 5.41) is 11.2. The zero-order valence-corrected chi connectivity index (χ0v) is 17.1. The molecule has 4 rings (SSSR count).